The lowest BCUT2D eigenvalue weighted by molar-refractivity contribution is -0.140. The summed E-state index contributed by atoms with van der Waals surface area (Å²) in [6, 6.07) is 18.3. The Kier molecular flexibility index (Phi) is 5.82. The second kappa shape index (κ2) is 7.84. The molecule has 0 spiro atoms. The van der Waals surface area contributed by atoms with Crippen molar-refractivity contribution in [1.82, 2.24) is 0 Å². The van der Waals surface area contributed by atoms with E-state index in [0.29, 0.717) is 6.42 Å². The van der Waals surface area contributed by atoms with Crippen LogP contribution >= 0.6 is 11.6 Å². The largest absolute Gasteiger partial charge is 0.469 e. The summed E-state index contributed by atoms with van der Waals surface area (Å²) < 4.78 is 4.65. The molecule has 0 heterocycles. The first-order chi connectivity index (χ1) is 10.2. The van der Waals surface area contributed by atoms with Gasteiger partial charge in [0.1, 0.15) is 0 Å². The van der Waals surface area contributed by atoms with Crippen LogP contribution in [0.3, 0.4) is 0 Å². The third kappa shape index (κ3) is 4.61. The highest BCUT2D eigenvalue weighted by atomic mass is 35.5. The van der Waals surface area contributed by atoms with Gasteiger partial charge in [0.05, 0.1) is 12.5 Å². The average Bonchev–Trinajstić information content (AvgIpc) is 2.55. The van der Waals surface area contributed by atoms with Gasteiger partial charge in [-0.3, -0.25) is 4.79 Å². The highest BCUT2D eigenvalue weighted by Crippen LogP contribution is 2.29. The molecule has 0 amide bonds. The molecule has 0 fully saturated rings. The van der Waals surface area contributed by atoms with E-state index in [2.05, 4.69) is 16.9 Å². The van der Waals surface area contributed by atoms with E-state index >= 15 is 0 Å². The van der Waals surface area contributed by atoms with Gasteiger partial charge in [0.25, 0.3) is 0 Å². The van der Waals surface area contributed by atoms with E-state index in [4.69, 9.17) is 11.6 Å². The molecule has 0 aliphatic rings. The van der Waals surface area contributed by atoms with E-state index in [1.54, 1.807) is 0 Å². The molecule has 0 aromatic heterocycles. The summed E-state index contributed by atoms with van der Waals surface area (Å²) in [5.41, 5.74) is 3.36. The summed E-state index contributed by atoms with van der Waals surface area (Å²) in [6.45, 7) is 0. The number of rotatable bonds is 6. The monoisotopic (exact) mass is 302 g/mol. The minimum absolute atomic E-state index is 0.147. The maximum absolute atomic E-state index is 11.1. The van der Waals surface area contributed by atoms with E-state index in [0.717, 1.165) is 24.0 Å². The number of benzene rings is 2. The SMILES string of the molecule is COC(=O)CCCc1cccc(C(Cl)c2ccccc2)c1. The van der Waals surface area contributed by atoms with Crippen LogP contribution in [-0.2, 0) is 16.0 Å². The normalized spacial score (nSPS) is 11.9. The molecule has 0 bridgehead atoms. The second-order valence-electron chi connectivity index (χ2n) is 4.95. The highest BCUT2D eigenvalue weighted by Gasteiger charge is 2.10. The number of hydrogen-bond donors (Lipinski definition) is 0. The minimum atomic E-state index is -0.161. The summed E-state index contributed by atoms with van der Waals surface area (Å²) in [5.74, 6) is -0.161. The van der Waals surface area contributed by atoms with Crippen molar-refractivity contribution in [2.24, 2.45) is 0 Å². The molecule has 0 aliphatic carbocycles. The quantitative estimate of drug-likeness (QED) is 0.579. The van der Waals surface area contributed by atoms with Crippen LogP contribution in [0.4, 0.5) is 0 Å². The van der Waals surface area contributed by atoms with Crippen LogP contribution in [0.25, 0.3) is 0 Å². The number of aryl methyl sites for hydroxylation is 1. The van der Waals surface area contributed by atoms with Gasteiger partial charge in [0.2, 0.25) is 0 Å². The molecule has 0 aliphatic heterocycles. The summed E-state index contributed by atoms with van der Waals surface area (Å²) in [6.07, 6.45) is 2.08. The first-order valence-electron chi connectivity index (χ1n) is 7.05. The van der Waals surface area contributed by atoms with Crippen LogP contribution in [0.5, 0.6) is 0 Å². The minimum Gasteiger partial charge on any atom is -0.469 e. The number of ether oxygens (including phenoxy) is 1. The van der Waals surface area contributed by atoms with Gasteiger partial charge in [-0.15, -0.1) is 11.6 Å². The Morgan fingerprint density at radius 1 is 1.10 bits per heavy atom. The smallest absolute Gasteiger partial charge is 0.305 e. The Morgan fingerprint density at radius 2 is 1.81 bits per heavy atom. The number of methoxy groups -OCH3 is 1. The Hall–Kier alpha value is -1.80. The maximum Gasteiger partial charge on any atom is 0.305 e. The van der Waals surface area contributed by atoms with E-state index in [-0.39, 0.29) is 11.3 Å². The third-order valence-electron chi connectivity index (χ3n) is 3.41. The van der Waals surface area contributed by atoms with Crippen LogP contribution in [0.2, 0.25) is 0 Å². The molecule has 2 nitrogen and oxygen atoms in total. The maximum atomic E-state index is 11.1. The van der Waals surface area contributed by atoms with Crippen molar-refractivity contribution in [3.63, 3.8) is 0 Å². The van der Waals surface area contributed by atoms with Crippen molar-refractivity contribution in [3.05, 3.63) is 71.3 Å². The van der Waals surface area contributed by atoms with Crippen molar-refractivity contribution in [1.29, 1.82) is 0 Å². The Labute approximate surface area is 130 Å². The molecule has 2 aromatic carbocycles. The van der Waals surface area contributed by atoms with Gasteiger partial charge in [0.15, 0.2) is 0 Å². The summed E-state index contributed by atoms with van der Waals surface area (Å²) >= 11 is 6.54. The number of halogens is 1. The zero-order chi connectivity index (χ0) is 15.1. The summed E-state index contributed by atoms with van der Waals surface area (Å²) in [7, 11) is 1.42. The average molecular weight is 303 g/mol. The fraction of sp³-hybridized carbons (Fsp3) is 0.278. The zero-order valence-electron chi connectivity index (χ0n) is 12.1. The van der Waals surface area contributed by atoms with Crippen LogP contribution < -0.4 is 0 Å². The number of hydrogen-bond acceptors (Lipinski definition) is 2. The molecule has 3 heteroatoms. The molecular weight excluding hydrogens is 284 g/mol. The molecule has 0 N–H and O–H groups in total. The predicted octanol–water partition coefficient (Wildman–Crippen LogP) is 4.51. The standard InChI is InChI=1S/C18H19ClO2/c1-21-17(20)12-6-8-14-7-5-11-16(13-14)18(19)15-9-3-2-4-10-15/h2-5,7,9-11,13,18H,6,8,12H2,1H3. The number of alkyl halides is 1. The van der Waals surface area contributed by atoms with Gasteiger partial charge < -0.3 is 4.74 Å². The summed E-state index contributed by atoms with van der Waals surface area (Å²) in [5, 5.41) is -0.147. The van der Waals surface area contributed by atoms with E-state index in [1.165, 1.54) is 12.7 Å². The van der Waals surface area contributed by atoms with Crippen LogP contribution in [-0.4, -0.2) is 13.1 Å². The first-order valence-corrected chi connectivity index (χ1v) is 7.49. The van der Waals surface area contributed by atoms with Crippen molar-refractivity contribution in [3.8, 4) is 0 Å². The van der Waals surface area contributed by atoms with E-state index < -0.39 is 0 Å². The van der Waals surface area contributed by atoms with E-state index in [9.17, 15) is 4.79 Å². The fourth-order valence-corrected chi connectivity index (χ4v) is 2.54. The van der Waals surface area contributed by atoms with Crippen molar-refractivity contribution >= 4 is 17.6 Å². The molecule has 2 aromatic rings. The van der Waals surface area contributed by atoms with Gasteiger partial charge in [-0.2, -0.15) is 0 Å². The summed E-state index contributed by atoms with van der Waals surface area (Å²) in [4.78, 5) is 11.1. The number of carbonyl (C=O) groups excluding carboxylic acids is 1. The second-order valence-corrected chi connectivity index (χ2v) is 5.38. The van der Waals surface area contributed by atoms with Crippen LogP contribution in [0.15, 0.2) is 54.6 Å². The number of esters is 1. The van der Waals surface area contributed by atoms with Gasteiger partial charge in [-0.05, 0) is 29.5 Å². The Morgan fingerprint density at radius 3 is 2.52 bits per heavy atom. The Balaban J connectivity index is 2.02. The van der Waals surface area contributed by atoms with Crippen LogP contribution in [0.1, 0.15) is 34.9 Å². The Bertz CT molecular complexity index is 581. The molecule has 0 radical (unpaired) electrons. The highest BCUT2D eigenvalue weighted by molar-refractivity contribution is 6.22. The van der Waals surface area contributed by atoms with Gasteiger partial charge in [0, 0.05) is 6.42 Å². The van der Waals surface area contributed by atoms with Gasteiger partial charge in [-0.1, -0.05) is 54.6 Å². The lowest BCUT2D eigenvalue weighted by Crippen LogP contribution is -2.01. The van der Waals surface area contributed by atoms with E-state index in [1.807, 2.05) is 42.5 Å². The third-order valence-corrected chi connectivity index (χ3v) is 3.91. The molecule has 21 heavy (non-hydrogen) atoms. The zero-order valence-corrected chi connectivity index (χ0v) is 12.8. The van der Waals surface area contributed by atoms with Gasteiger partial charge >= 0.3 is 5.97 Å². The molecule has 110 valence electrons. The molecule has 0 saturated heterocycles. The molecule has 0 saturated carbocycles. The lowest BCUT2D eigenvalue weighted by Gasteiger charge is -2.12. The van der Waals surface area contributed by atoms with Gasteiger partial charge in [-0.25, -0.2) is 0 Å². The van der Waals surface area contributed by atoms with Crippen LogP contribution in [0, 0.1) is 0 Å². The van der Waals surface area contributed by atoms with Crippen molar-refractivity contribution < 1.29 is 9.53 Å². The molecule has 1 unspecified atom stereocenters. The molecular formula is C18H19ClO2. The predicted molar refractivity (Wildman–Crippen MR) is 85.5 cm³/mol. The molecule has 2 rings (SSSR count). The lowest BCUT2D eigenvalue weighted by atomic mass is 10.00. The first kappa shape index (κ1) is 15.6. The number of carbonyl (C=O) groups is 1. The van der Waals surface area contributed by atoms with Crippen molar-refractivity contribution in [2.75, 3.05) is 7.11 Å². The molecule has 1 atom stereocenters. The fourth-order valence-electron chi connectivity index (χ4n) is 2.26. The van der Waals surface area contributed by atoms with Crippen molar-refractivity contribution in [2.45, 2.75) is 24.6 Å². The topological polar surface area (TPSA) is 26.3 Å².